The number of carbonyl (C=O) groups is 1. The third-order valence-corrected chi connectivity index (χ3v) is 6.34. The number of carbonyl (C=O) groups excluding carboxylic acids is 1. The Morgan fingerprint density at radius 2 is 1.96 bits per heavy atom. The number of rotatable bonds is 3. The molecule has 3 fully saturated rings. The summed E-state index contributed by atoms with van der Waals surface area (Å²) in [4.78, 5) is 17.5. The molecular formula is C20H28N2O2. The largest absolute Gasteiger partial charge is 0.381 e. The van der Waals surface area contributed by atoms with Crippen LogP contribution in [0.15, 0.2) is 30.3 Å². The Labute approximate surface area is 144 Å². The van der Waals surface area contributed by atoms with Crippen LogP contribution in [0, 0.1) is 11.3 Å². The van der Waals surface area contributed by atoms with Crippen LogP contribution in [-0.2, 0) is 9.53 Å². The van der Waals surface area contributed by atoms with Crippen LogP contribution in [0.2, 0.25) is 0 Å². The maximum absolute atomic E-state index is 13.0. The van der Waals surface area contributed by atoms with E-state index >= 15 is 0 Å². The van der Waals surface area contributed by atoms with E-state index in [1.54, 1.807) is 0 Å². The van der Waals surface area contributed by atoms with E-state index in [0.29, 0.717) is 11.8 Å². The lowest BCUT2D eigenvalue weighted by molar-refractivity contribution is -0.135. The zero-order chi connectivity index (χ0) is 16.6. The summed E-state index contributed by atoms with van der Waals surface area (Å²) < 4.78 is 5.50. The molecule has 1 spiro atoms. The lowest BCUT2D eigenvalue weighted by atomic mass is 9.73. The van der Waals surface area contributed by atoms with Gasteiger partial charge in [-0.1, -0.05) is 30.3 Å². The molecule has 3 saturated heterocycles. The van der Waals surface area contributed by atoms with Crippen LogP contribution in [0.4, 0.5) is 0 Å². The standard InChI is InChI=1S/C20H28N2O2/c1-21-10-9-20(19(21)23)15-22(13-16-7-11-24-12-8-16)14-18(20)17-5-3-2-4-6-17/h2-6,16,18H,7-15H2,1H3/t18-,20+/m1/s1. The van der Waals surface area contributed by atoms with Gasteiger partial charge in [0, 0.05) is 52.4 Å². The summed E-state index contributed by atoms with van der Waals surface area (Å²) in [5.41, 5.74) is 1.12. The maximum atomic E-state index is 13.0. The predicted molar refractivity (Wildman–Crippen MR) is 93.9 cm³/mol. The predicted octanol–water partition coefficient (Wildman–Crippen LogP) is 2.36. The monoisotopic (exact) mass is 328 g/mol. The molecule has 24 heavy (non-hydrogen) atoms. The fourth-order valence-corrected chi connectivity index (χ4v) is 4.98. The Hall–Kier alpha value is -1.39. The van der Waals surface area contributed by atoms with Gasteiger partial charge in [-0.2, -0.15) is 0 Å². The van der Waals surface area contributed by atoms with Crippen molar-refractivity contribution in [3.63, 3.8) is 0 Å². The van der Waals surface area contributed by atoms with Crippen LogP contribution in [-0.4, -0.2) is 62.1 Å². The van der Waals surface area contributed by atoms with Gasteiger partial charge in [0.2, 0.25) is 5.91 Å². The summed E-state index contributed by atoms with van der Waals surface area (Å²) in [6.45, 7) is 5.74. The van der Waals surface area contributed by atoms with E-state index in [1.165, 1.54) is 5.56 Å². The summed E-state index contributed by atoms with van der Waals surface area (Å²) in [5.74, 6) is 1.40. The molecular weight excluding hydrogens is 300 g/mol. The molecule has 0 unspecified atom stereocenters. The van der Waals surface area contributed by atoms with Crippen LogP contribution < -0.4 is 0 Å². The summed E-state index contributed by atoms with van der Waals surface area (Å²) >= 11 is 0. The number of likely N-dealkylation sites (tertiary alicyclic amines) is 2. The second-order valence-electron chi connectivity index (χ2n) is 7.85. The first-order valence-corrected chi connectivity index (χ1v) is 9.30. The van der Waals surface area contributed by atoms with Crippen molar-refractivity contribution in [2.45, 2.75) is 25.2 Å². The quantitative estimate of drug-likeness (QED) is 0.854. The zero-order valence-corrected chi connectivity index (χ0v) is 14.6. The Kier molecular flexibility index (Phi) is 4.35. The topological polar surface area (TPSA) is 32.8 Å². The molecule has 1 aromatic carbocycles. The number of hydrogen-bond acceptors (Lipinski definition) is 3. The number of benzene rings is 1. The number of hydrogen-bond donors (Lipinski definition) is 0. The van der Waals surface area contributed by atoms with Gasteiger partial charge in [0.05, 0.1) is 5.41 Å². The molecule has 0 N–H and O–H groups in total. The van der Waals surface area contributed by atoms with Crippen LogP contribution in [0.3, 0.4) is 0 Å². The van der Waals surface area contributed by atoms with Crippen molar-refractivity contribution in [2.75, 3.05) is 46.4 Å². The highest BCUT2D eigenvalue weighted by Crippen LogP contribution is 2.49. The van der Waals surface area contributed by atoms with Gasteiger partial charge in [-0.25, -0.2) is 0 Å². The van der Waals surface area contributed by atoms with Gasteiger partial charge in [-0.15, -0.1) is 0 Å². The molecule has 2 atom stereocenters. The molecule has 1 aromatic rings. The maximum Gasteiger partial charge on any atom is 0.230 e. The first kappa shape index (κ1) is 16.1. The first-order valence-electron chi connectivity index (χ1n) is 9.30. The molecule has 3 aliphatic rings. The second kappa shape index (κ2) is 6.49. The van der Waals surface area contributed by atoms with Crippen molar-refractivity contribution >= 4 is 5.91 Å². The van der Waals surface area contributed by atoms with Crippen molar-refractivity contribution in [2.24, 2.45) is 11.3 Å². The van der Waals surface area contributed by atoms with Gasteiger partial charge in [-0.05, 0) is 30.7 Å². The average molecular weight is 328 g/mol. The van der Waals surface area contributed by atoms with Crippen LogP contribution in [0.5, 0.6) is 0 Å². The summed E-state index contributed by atoms with van der Waals surface area (Å²) in [7, 11) is 1.96. The zero-order valence-electron chi connectivity index (χ0n) is 14.6. The second-order valence-corrected chi connectivity index (χ2v) is 7.85. The minimum Gasteiger partial charge on any atom is -0.381 e. The molecule has 3 aliphatic heterocycles. The van der Waals surface area contributed by atoms with Gasteiger partial charge < -0.3 is 14.5 Å². The van der Waals surface area contributed by atoms with E-state index in [-0.39, 0.29) is 5.41 Å². The fraction of sp³-hybridized carbons (Fsp3) is 0.650. The molecule has 4 rings (SSSR count). The fourth-order valence-electron chi connectivity index (χ4n) is 4.98. The third kappa shape index (κ3) is 2.76. The van der Waals surface area contributed by atoms with E-state index in [2.05, 4.69) is 35.2 Å². The van der Waals surface area contributed by atoms with Crippen molar-refractivity contribution in [3.8, 4) is 0 Å². The Bertz CT molecular complexity index is 585. The Morgan fingerprint density at radius 1 is 1.21 bits per heavy atom. The Morgan fingerprint density at radius 3 is 2.62 bits per heavy atom. The van der Waals surface area contributed by atoms with E-state index in [1.807, 2.05) is 11.9 Å². The van der Waals surface area contributed by atoms with E-state index < -0.39 is 0 Å². The van der Waals surface area contributed by atoms with Crippen molar-refractivity contribution < 1.29 is 9.53 Å². The molecule has 0 aromatic heterocycles. The van der Waals surface area contributed by atoms with Crippen LogP contribution in [0.1, 0.15) is 30.7 Å². The first-order chi connectivity index (χ1) is 11.7. The van der Waals surface area contributed by atoms with E-state index in [9.17, 15) is 4.79 Å². The molecule has 3 heterocycles. The van der Waals surface area contributed by atoms with Gasteiger partial charge in [0.15, 0.2) is 0 Å². The van der Waals surface area contributed by atoms with Crippen LogP contribution >= 0.6 is 0 Å². The molecule has 130 valence electrons. The molecule has 0 radical (unpaired) electrons. The molecule has 0 saturated carbocycles. The van der Waals surface area contributed by atoms with Gasteiger partial charge in [0.1, 0.15) is 0 Å². The molecule has 0 aliphatic carbocycles. The smallest absolute Gasteiger partial charge is 0.230 e. The molecule has 0 bridgehead atoms. The van der Waals surface area contributed by atoms with E-state index in [4.69, 9.17) is 4.74 Å². The molecule has 4 nitrogen and oxygen atoms in total. The molecule has 4 heteroatoms. The number of ether oxygens (including phenoxy) is 1. The average Bonchev–Trinajstić information content (AvgIpc) is 3.12. The lowest BCUT2D eigenvalue weighted by Gasteiger charge is -2.29. The van der Waals surface area contributed by atoms with Crippen LogP contribution in [0.25, 0.3) is 0 Å². The van der Waals surface area contributed by atoms with Gasteiger partial charge in [-0.3, -0.25) is 4.79 Å². The van der Waals surface area contributed by atoms with Gasteiger partial charge >= 0.3 is 0 Å². The summed E-state index contributed by atoms with van der Waals surface area (Å²) in [6.07, 6.45) is 3.31. The van der Waals surface area contributed by atoms with Crippen molar-refractivity contribution in [1.29, 1.82) is 0 Å². The van der Waals surface area contributed by atoms with E-state index in [0.717, 1.165) is 64.6 Å². The summed E-state index contributed by atoms with van der Waals surface area (Å²) in [6, 6.07) is 10.7. The van der Waals surface area contributed by atoms with Crippen molar-refractivity contribution in [1.82, 2.24) is 9.80 Å². The molecule has 1 amide bonds. The number of nitrogens with zero attached hydrogens (tertiary/aromatic N) is 2. The minimum absolute atomic E-state index is 0.207. The normalized spacial score (nSPS) is 32.1. The highest BCUT2D eigenvalue weighted by Gasteiger charge is 2.56. The highest BCUT2D eigenvalue weighted by molar-refractivity contribution is 5.86. The lowest BCUT2D eigenvalue weighted by Crippen LogP contribution is -2.39. The summed E-state index contributed by atoms with van der Waals surface area (Å²) in [5, 5.41) is 0. The minimum atomic E-state index is -0.207. The van der Waals surface area contributed by atoms with Gasteiger partial charge in [0.25, 0.3) is 0 Å². The highest BCUT2D eigenvalue weighted by atomic mass is 16.5. The number of amides is 1. The Balaban J connectivity index is 1.57. The SMILES string of the molecule is CN1CC[C@@]2(CN(CC3CCOCC3)C[C@@H]2c2ccccc2)C1=O. The van der Waals surface area contributed by atoms with Crippen molar-refractivity contribution in [3.05, 3.63) is 35.9 Å². The third-order valence-electron chi connectivity index (χ3n) is 6.34.